The topological polar surface area (TPSA) is 30.7 Å². The fourth-order valence-corrected chi connectivity index (χ4v) is 8.14. The molecule has 0 bridgehead atoms. The molecule has 0 amide bonds. The van der Waals surface area contributed by atoms with Gasteiger partial charge in [-0.2, -0.15) is 0 Å². The molecule has 9 aromatic rings. The number of para-hydroxylation sites is 3. The molecule has 10 rings (SSSR count). The Morgan fingerprint density at radius 1 is 0.500 bits per heavy atom. The molecule has 6 aromatic carbocycles. The molecule has 1 aliphatic heterocycles. The molecule has 0 fully saturated rings. The van der Waals surface area contributed by atoms with Crippen molar-refractivity contribution < 1.29 is 0 Å². The average molecular weight is 552 g/mol. The van der Waals surface area contributed by atoms with Crippen LogP contribution in [0.25, 0.3) is 92.3 Å². The Morgan fingerprint density at radius 3 is 2.10 bits per heavy atom. The van der Waals surface area contributed by atoms with E-state index in [1.807, 2.05) is 23.5 Å². The first-order valence-electron chi connectivity index (χ1n) is 14.2. The third-order valence-electron chi connectivity index (χ3n) is 8.72. The van der Waals surface area contributed by atoms with Crippen LogP contribution in [-0.2, 0) is 0 Å². The van der Waals surface area contributed by atoms with Gasteiger partial charge >= 0.3 is 0 Å². The standard InChI is InChI=1S/C38H21N3S/c1-2-13-27-24(10-1)29-20-22(23-14-9-15-28-26-12-4-8-19-34(26)42-37(23)28)21-30-25-11-3-7-18-33(25)41(36(29)30)38-35(27)39-31-16-5-6-17-32(31)40-38/h1-21H. The van der Waals surface area contributed by atoms with Crippen LogP contribution in [0.15, 0.2) is 127 Å². The second kappa shape index (κ2) is 8.12. The Bertz CT molecular complexity index is 2590. The Balaban J connectivity index is 1.40. The predicted molar refractivity (Wildman–Crippen MR) is 177 cm³/mol. The van der Waals surface area contributed by atoms with Crippen molar-refractivity contribution in [2.45, 2.75) is 0 Å². The molecule has 3 nitrogen and oxygen atoms in total. The second-order valence-corrected chi connectivity index (χ2v) is 12.0. The Kier molecular flexibility index (Phi) is 4.33. The largest absolute Gasteiger partial charge is 0.291 e. The second-order valence-electron chi connectivity index (χ2n) is 11.0. The summed E-state index contributed by atoms with van der Waals surface area (Å²) in [6, 6.07) is 45.8. The van der Waals surface area contributed by atoms with E-state index in [9.17, 15) is 0 Å². The van der Waals surface area contributed by atoms with Gasteiger partial charge in [-0.05, 0) is 53.1 Å². The first-order valence-corrected chi connectivity index (χ1v) is 15.0. The molecule has 0 saturated carbocycles. The van der Waals surface area contributed by atoms with Crippen LogP contribution < -0.4 is 0 Å². The minimum absolute atomic E-state index is 0.880. The molecular formula is C38H21N3S. The summed E-state index contributed by atoms with van der Waals surface area (Å²) >= 11 is 1.88. The van der Waals surface area contributed by atoms with Crippen LogP contribution in [0.2, 0.25) is 0 Å². The number of aromatic nitrogens is 3. The lowest BCUT2D eigenvalue weighted by atomic mass is 9.92. The van der Waals surface area contributed by atoms with Crippen molar-refractivity contribution in [3.8, 4) is 39.3 Å². The minimum atomic E-state index is 0.880. The lowest BCUT2D eigenvalue weighted by molar-refractivity contribution is 1.09. The summed E-state index contributed by atoms with van der Waals surface area (Å²) in [7, 11) is 0. The van der Waals surface area contributed by atoms with E-state index >= 15 is 0 Å². The maximum absolute atomic E-state index is 5.27. The molecule has 3 aromatic heterocycles. The van der Waals surface area contributed by atoms with Crippen LogP contribution in [-0.4, -0.2) is 14.5 Å². The van der Waals surface area contributed by atoms with Gasteiger partial charge in [-0.15, -0.1) is 11.3 Å². The van der Waals surface area contributed by atoms with E-state index in [2.05, 4.69) is 120 Å². The number of thiophene rings is 1. The Labute approximate surface area is 245 Å². The van der Waals surface area contributed by atoms with Gasteiger partial charge in [0.05, 0.1) is 22.1 Å². The van der Waals surface area contributed by atoms with Crippen molar-refractivity contribution in [2.24, 2.45) is 0 Å². The maximum atomic E-state index is 5.27. The monoisotopic (exact) mass is 551 g/mol. The van der Waals surface area contributed by atoms with Crippen LogP contribution in [0.1, 0.15) is 0 Å². The van der Waals surface area contributed by atoms with Gasteiger partial charge in [0, 0.05) is 42.1 Å². The van der Waals surface area contributed by atoms with Crippen LogP contribution in [0.4, 0.5) is 0 Å². The SMILES string of the molecule is c1ccc2c(c1)-c1nc3ccccc3nc1-n1c3ccccc3c3cc(-c4cccc5c4sc4ccccc45)cc-2c31. The van der Waals surface area contributed by atoms with E-state index in [1.54, 1.807) is 0 Å². The highest BCUT2D eigenvalue weighted by atomic mass is 32.1. The summed E-state index contributed by atoms with van der Waals surface area (Å²) in [5.74, 6) is 0.880. The number of benzene rings is 6. The highest BCUT2D eigenvalue weighted by Crippen LogP contribution is 2.48. The van der Waals surface area contributed by atoms with Crippen LogP contribution in [0.5, 0.6) is 0 Å². The van der Waals surface area contributed by atoms with Gasteiger partial charge < -0.3 is 0 Å². The summed E-state index contributed by atoms with van der Waals surface area (Å²) < 4.78 is 4.99. The number of hydrogen-bond acceptors (Lipinski definition) is 3. The van der Waals surface area contributed by atoms with Crippen LogP contribution in [0.3, 0.4) is 0 Å². The summed E-state index contributed by atoms with van der Waals surface area (Å²) in [6.45, 7) is 0. The van der Waals surface area contributed by atoms with E-state index in [-0.39, 0.29) is 0 Å². The third kappa shape index (κ3) is 2.89. The molecule has 0 atom stereocenters. The molecule has 42 heavy (non-hydrogen) atoms. The summed E-state index contributed by atoms with van der Waals surface area (Å²) in [6.07, 6.45) is 0. The van der Waals surface area contributed by atoms with E-state index in [0.717, 1.165) is 33.6 Å². The Morgan fingerprint density at radius 2 is 1.19 bits per heavy atom. The Hall–Kier alpha value is -5.32. The molecule has 0 radical (unpaired) electrons. The van der Waals surface area contributed by atoms with Gasteiger partial charge in [-0.3, -0.25) is 4.57 Å². The van der Waals surface area contributed by atoms with Gasteiger partial charge in [0.25, 0.3) is 0 Å². The van der Waals surface area contributed by atoms with Crippen molar-refractivity contribution in [3.63, 3.8) is 0 Å². The minimum Gasteiger partial charge on any atom is -0.291 e. The maximum Gasteiger partial charge on any atom is 0.165 e. The van der Waals surface area contributed by atoms with E-state index in [1.165, 1.54) is 58.7 Å². The van der Waals surface area contributed by atoms with Crippen molar-refractivity contribution in [2.75, 3.05) is 0 Å². The van der Waals surface area contributed by atoms with Gasteiger partial charge in [-0.1, -0.05) is 91.0 Å². The zero-order valence-electron chi connectivity index (χ0n) is 22.4. The fraction of sp³-hybridized carbons (Fsp3) is 0. The first kappa shape index (κ1) is 22.4. The first-order chi connectivity index (χ1) is 20.8. The fourth-order valence-electron chi connectivity index (χ4n) is 6.90. The number of rotatable bonds is 1. The summed E-state index contributed by atoms with van der Waals surface area (Å²) in [5.41, 5.74) is 11.0. The zero-order valence-corrected chi connectivity index (χ0v) is 23.2. The molecule has 1 aliphatic rings. The molecular weight excluding hydrogens is 531 g/mol. The quantitative estimate of drug-likeness (QED) is 0.203. The highest BCUT2D eigenvalue weighted by molar-refractivity contribution is 7.26. The van der Waals surface area contributed by atoms with Crippen molar-refractivity contribution >= 4 is 64.3 Å². The number of hydrogen-bond donors (Lipinski definition) is 0. The zero-order chi connectivity index (χ0) is 27.4. The third-order valence-corrected chi connectivity index (χ3v) is 9.94. The molecule has 0 spiro atoms. The van der Waals surface area contributed by atoms with Crippen LogP contribution in [0, 0.1) is 0 Å². The predicted octanol–water partition coefficient (Wildman–Crippen LogP) is 10.4. The molecule has 4 heteroatoms. The molecule has 0 saturated heterocycles. The molecule has 0 N–H and O–H groups in total. The highest BCUT2D eigenvalue weighted by Gasteiger charge is 2.27. The lowest BCUT2D eigenvalue weighted by Gasteiger charge is -2.12. The molecule has 0 unspecified atom stereocenters. The van der Waals surface area contributed by atoms with Crippen LogP contribution >= 0.6 is 11.3 Å². The van der Waals surface area contributed by atoms with Crippen molar-refractivity contribution in [1.82, 2.24) is 14.5 Å². The van der Waals surface area contributed by atoms with Gasteiger partial charge in [0.15, 0.2) is 5.82 Å². The molecule has 194 valence electrons. The van der Waals surface area contributed by atoms with Gasteiger partial charge in [0.1, 0.15) is 5.69 Å². The van der Waals surface area contributed by atoms with E-state index in [0.29, 0.717) is 0 Å². The summed E-state index contributed by atoms with van der Waals surface area (Å²) in [4.78, 5) is 10.5. The van der Waals surface area contributed by atoms with Gasteiger partial charge in [-0.25, -0.2) is 9.97 Å². The smallest absolute Gasteiger partial charge is 0.165 e. The van der Waals surface area contributed by atoms with Crippen molar-refractivity contribution in [1.29, 1.82) is 0 Å². The number of fused-ring (bicyclic) bond motifs is 12. The van der Waals surface area contributed by atoms with Gasteiger partial charge in [0.2, 0.25) is 0 Å². The van der Waals surface area contributed by atoms with Crippen molar-refractivity contribution in [3.05, 3.63) is 127 Å². The van der Waals surface area contributed by atoms with E-state index in [4.69, 9.17) is 9.97 Å². The average Bonchev–Trinajstić information content (AvgIpc) is 3.56. The van der Waals surface area contributed by atoms with E-state index < -0.39 is 0 Å². The summed E-state index contributed by atoms with van der Waals surface area (Å²) in [5, 5.41) is 5.09. The lowest BCUT2D eigenvalue weighted by Crippen LogP contribution is -2.02. The number of nitrogens with zero attached hydrogens (tertiary/aromatic N) is 3. The molecule has 4 heterocycles. The molecule has 0 aliphatic carbocycles. The normalized spacial score (nSPS) is 12.3.